The zero-order chi connectivity index (χ0) is 11.4. The fourth-order valence-electron chi connectivity index (χ4n) is 1.59. The fraction of sp³-hybridized carbons (Fsp3) is 0.700. The van der Waals surface area contributed by atoms with Gasteiger partial charge in [0.25, 0.3) is 0 Å². The van der Waals surface area contributed by atoms with Crippen LogP contribution in [-0.2, 0) is 11.8 Å². The second kappa shape index (κ2) is 5.14. The maximum Gasteiger partial charge on any atom is 0.217 e. The molecule has 0 aromatic carbocycles. The maximum absolute atomic E-state index is 9.90. The Morgan fingerprint density at radius 2 is 2.20 bits per heavy atom. The summed E-state index contributed by atoms with van der Waals surface area (Å²) in [4.78, 5) is 0. The van der Waals surface area contributed by atoms with E-state index < -0.39 is 6.10 Å². The molecule has 1 atom stereocenters. The molecule has 5 nitrogen and oxygen atoms in total. The van der Waals surface area contributed by atoms with E-state index in [0.29, 0.717) is 18.1 Å². The van der Waals surface area contributed by atoms with Crippen LogP contribution in [-0.4, -0.2) is 35.2 Å². The summed E-state index contributed by atoms with van der Waals surface area (Å²) in [6.07, 6.45) is -0.686. The SMILES string of the molecule is CCOCC(O)c1c(C)nn(C)c1OC. The predicted molar refractivity (Wildman–Crippen MR) is 55.9 cm³/mol. The Bertz CT molecular complexity index is 323. The molecule has 15 heavy (non-hydrogen) atoms. The molecule has 0 fully saturated rings. The molecule has 1 aromatic rings. The molecule has 86 valence electrons. The van der Waals surface area contributed by atoms with Gasteiger partial charge in [0.15, 0.2) is 0 Å². The second-order valence-electron chi connectivity index (χ2n) is 3.31. The highest BCUT2D eigenvalue weighted by Crippen LogP contribution is 2.27. The number of aromatic nitrogens is 2. The molecular weight excluding hydrogens is 196 g/mol. The largest absolute Gasteiger partial charge is 0.481 e. The average Bonchev–Trinajstić information content (AvgIpc) is 2.49. The van der Waals surface area contributed by atoms with Gasteiger partial charge in [-0.1, -0.05) is 0 Å². The number of ether oxygens (including phenoxy) is 2. The van der Waals surface area contributed by atoms with Crippen LogP contribution >= 0.6 is 0 Å². The first-order chi connectivity index (χ1) is 7.11. The second-order valence-corrected chi connectivity index (χ2v) is 3.31. The van der Waals surface area contributed by atoms with E-state index in [0.717, 1.165) is 5.69 Å². The van der Waals surface area contributed by atoms with Crippen molar-refractivity contribution in [2.45, 2.75) is 20.0 Å². The molecule has 1 N–H and O–H groups in total. The van der Waals surface area contributed by atoms with E-state index in [-0.39, 0.29) is 6.61 Å². The van der Waals surface area contributed by atoms with Crippen molar-refractivity contribution in [3.63, 3.8) is 0 Å². The zero-order valence-electron chi connectivity index (χ0n) is 9.65. The van der Waals surface area contributed by atoms with Gasteiger partial charge in [0.05, 0.1) is 25.0 Å². The summed E-state index contributed by atoms with van der Waals surface area (Å²) in [5, 5.41) is 14.1. The summed E-state index contributed by atoms with van der Waals surface area (Å²) >= 11 is 0. The van der Waals surface area contributed by atoms with Crippen molar-refractivity contribution < 1.29 is 14.6 Å². The number of aliphatic hydroxyl groups excluding tert-OH is 1. The Labute approximate surface area is 89.6 Å². The Hall–Kier alpha value is -1.07. The number of hydrogen-bond donors (Lipinski definition) is 1. The molecule has 0 aliphatic rings. The topological polar surface area (TPSA) is 56.5 Å². The molecule has 1 heterocycles. The van der Waals surface area contributed by atoms with Gasteiger partial charge in [0.2, 0.25) is 5.88 Å². The van der Waals surface area contributed by atoms with Crippen LogP contribution in [0.2, 0.25) is 0 Å². The zero-order valence-corrected chi connectivity index (χ0v) is 9.65. The molecule has 0 bridgehead atoms. The lowest BCUT2D eigenvalue weighted by Crippen LogP contribution is -2.09. The molecule has 0 spiro atoms. The molecular formula is C10H18N2O3. The van der Waals surface area contributed by atoms with E-state index in [1.807, 2.05) is 13.8 Å². The quantitative estimate of drug-likeness (QED) is 0.788. The summed E-state index contributed by atoms with van der Waals surface area (Å²) in [6, 6.07) is 0. The van der Waals surface area contributed by atoms with Crippen molar-refractivity contribution in [2.24, 2.45) is 7.05 Å². The van der Waals surface area contributed by atoms with Gasteiger partial charge in [0.1, 0.15) is 6.10 Å². The van der Waals surface area contributed by atoms with Crippen molar-refractivity contribution in [1.29, 1.82) is 0 Å². The molecule has 0 aliphatic heterocycles. The lowest BCUT2D eigenvalue weighted by Gasteiger charge is -2.11. The highest BCUT2D eigenvalue weighted by molar-refractivity contribution is 5.33. The minimum Gasteiger partial charge on any atom is -0.481 e. The van der Waals surface area contributed by atoms with E-state index in [2.05, 4.69) is 5.10 Å². The number of hydrogen-bond acceptors (Lipinski definition) is 4. The van der Waals surface area contributed by atoms with Crippen LogP contribution < -0.4 is 4.74 Å². The van der Waals surface area contributed by atoms with E-state index in [4.69, 9.17) is 9.47 Å². The normalized spacial score (nSPS) is 12.9. The fourth-order valence-corrected chi connectivity index (χ4v) is 1.59. The number of aliphatic hydroxyl groups is 1. The first-order valence-electron chi connectivity index (χ1n) is 4.95. The van der Waals surface area contributed by atoms with Crippen molar-refractivity contribution in [2.75, 3.05) is 20.3 Å². The molecule has 0 saturated heterocycles. The first kappa shape index (κ1) is 12.0. The van der Waals surface area contributed by atoms with Crippen LogP contribution in [0.25, 0.3) is 0 Å². The van der Waals surface area contributed by atoms with Gasteiger partial charge < -0.3 is 14.6 Å². The summed E-state index contributed by atoms with van der Waals surface area (Å²) < 4.78 is 12.0. The van der Waals surface area contributed by atoms with E-state index in [1.54, 1.807) is 18.8 Å². The van der Waals surface area contributed by atoms with Crippen LogP contribution in [0.5, 0.6) is 5.88 Å². The number of rotatable bonds is 5. The summed E-state index contributed by atoms with van der Waals surface area (Å²) in [5.41, 5.74) is 1.47. The third kappa shape index (κ3) is 2.49. The van der Waals surface area contributed by atoms with E-state index >= 15 is 0 Å². The summed E-state index contributed by atoms with van der Waals surface area (Å²) in [5.74, 6) is 0.583. The molecule has 0 amide bonds. The highest BCUT2D eigenvalue weighted by atomic mass is 16.5. The van der Waals surface area contributed by atoms with Gasteiger partial charge in [-0.25, -0.2) is 4.68 Å². The van der Waals surface area contributed by atoms with Crippen molar-refractivity contribution in [1.82, 2.24) is 9.78 Å². The molecule has 0 saturated carbocycles. The molecule has 1 unspecified atom stereocenters. The lowest BCUT2D eigenvalue weighted by molar-refractivity contribution is 0.0403. The van der Waals surface area contributed by atoms with Crippen molar-refractivity contribution in [3.05, 3.63) is 11.3 Å². The number of aryl methyl sites for hydroxylation is 2. The van der Waals surface area contributed by atoms with Gasteiger partial charge >= 0.3 is 0 Å². The Morgan fingerprint density at radius 1 is 1.53 bits per heavy atom. The standard InChI is InChI=1S/C10H18N2O3/c1-5-15-6-8(13)9-7(2)11-12(3)10(9)14-4/h8,13H,5-6H2,1-4H3. The van der Waals surface area contributed by atoms with Gasteiger partial charge in [-0.3, -0.25) is 0 Å². The third-order valence-corrected chi connectivity index (χ3v) is 2.22. The van der Waals surface area contributed by atoms with Crippen molar-refractivity contribution in [3.8, 4) is 5.88 Å². The molecule has 5 heteroatoms. The molecule has 0 aliphatic carbocycles. The summed E-state index contributed by atoms with van der Waals surface area (Å²) in [6.45, 7) is 4.57. The van der Waals surface area contributed by atoms with Crippen LogP contribution in [0.15, 0.2) is 0 Å². The van der Waals surface area contributed by atoms with Gasteiger partial charge in [-0.15, -0.1) is 0 Å². The van der Waals surface area contributed by atoms with Crippen LogP contribution in [0.1, 0.15) is 24.3 Å². The Morgan fingerprint density at radius 3 is 2.73 bits per heavy atom. The maximum atomic E-state index is 9.90. The highest BCUT2D eigenvalue weighted by Gasteiger charge is 2.21. The average molecular weight is 214 g/mol. The van der Waals surface area contributed by atoms with Gasteiger partial charge in [-0.2, -0.15) is 5.10 Å². The van der Waals surface area contributed by atoms with Crippen LogP contribution in [0, 0.1) is 6.92 Å². The lowest BCUT2D eigenvalue weighted by atomic mass is 10.1. The summed E-state index contributed by atoms with van der Waals surface area (Å²) in [7, 11) is 3.34. The van der Waals surface area contributed by atoms with Crippen molar-refractivity contribution >= 4 is 0 Å². The Kier molecular flexibility index (Phi) is 4.11. The van der Waals surface area contributed by atoms with Crippen LogP contribution in [0.3, 0.4) is 0 Å². The number of methoxy groups -OCH3 is 1. The van der Waals surface area contributed by atoms with E-state index in [1.165, 1.54) is 0 Å². The molecule has 1 rings (SSSR count). The monoisotopic (exact) mass is 214 g/mol. The minimum absolute atomic E-state index is 0.263. The molecule has 0 radical (unpaired) electrons. The van der Waals surface area contributed by atoms with E-state index in [9.17, 15) is 5.11 Å². The smallest absolute Gasteiger partial charge is 0.217 e. The molecule has 1 aromatic heterocycles. The number of nitrogens with zero attached hydrogens (tertiary/aromatic N) is 2. The minimum atomic E-state index is -0.686. The predicted octanol–water partition coefficient (Wildman–Crippen LogP) is 0.807. The van der Waals surface area contributed by atoms with Gasteiger partial charge in [-0.05, 0) is 13.8 Å². The Balaban J connectivity index is 2.91. The van der Waals surface area contributed by atoms with Gasteiger partial charge in [0, 0.05) is 13.7 Å². The van der Waals surface area contributed by atoms with Crippen LogP contribution in [0.4, 0.5) is 0 Å². The first-order valence-corrected chi connectivity index (χ1v) is 4.95. The third-order valence-electron chi connectivity index (χ3n) is 2.22.